The number of rotatable bonds is 2. The Hall–Kier alpha value is -0.640. The maximum absolute atomic E-state index is 6.06. The summed E-state index contributed by atoms with van der Waals surface area (Å²) in [5, 5.41) is 1.17. The number of hydrogen-bond donors (Lipinski definition) is 0. The fraction of sp³-hybridized carbons (Fsp3) is 0.231. The normalized spacial score (nSPS) is 14.8. The molecule has 0 unspecified atom stereocenters. The second kappa shape index (κ2) is 4.80. The van der Waals surface area contributed by atoms with E-state index in [-0.39, 0.29) is 0 Å². The second-order valence-corrected chi connectivity index (χ2v) is 6.02. The Kier molecular flexibility index (Phi) is 3.31. The Morgan fingerprint density at radius 3 is 2.56 bits per heavy atom. The summed E-state index contributed by atoms with van der Waals surface area (Å²) in [7, 11) is 0. The van der Waals surface area contributed by atoms with Crippen LogP contribution >= 0.6 is 39.1 Å². The van der Waals surface area contributed by atoms with Crippen molar-refractivity contribution in [3.8, 4) is 11.4 Å². The van der Waals surface area contributed by atoms with E-state index in [2.05, 4.69) is 25.9 Å². The maximum atomic E-state index is 6.06. The van der Waals surface area contributed by atoms with E-state index in [0.29, 0.717) is 21.9 Å². The van der Waals surface area contributed by atoms with Gasteiger partial charge in [-0.2, -0.15) is 0 Å². The summed E-state index contributed by atoms with van der Waals surface area (Å²) in [6.45, 7) is 0. The van der Waals surface area contributed by atoms with Crippen molar-refractivity contribution in [2.24, 2.45) is 0 Å². The number of hydrogen-bond acceptors (Lipinski definition) is 2. The number of nitrogens with zero attached hydrogens (tertiary/aromatic N) is 2. The van der Waals surface area contributed by atoms with Gasteiger partial charge in [-0.05, 0) is 53.0 Å². The molecule has 1 saturated carbocycles. The molecule has 2 nitrogen and oxygen atoms in total. The minimum atomic E-state index is 0.490. The van der Waals surface area contributed by atoms with Gasteiger partial charge < -0.3 is 0 Å². The van der Waals surface area contributed by atoms with Crippen LogP contribution in [-0.2, 0) is 0 Å². The van der Waals surface area contributed by atoms with Gasteiger partial charge >= 0.3 is 0 Å². The minimum Gasteiger partial charge on any atom is -0.233 e. The van der Waals surface area contributed by atoms with Gasteiger partial charge in [-0.25, -0.2) is 9.97 Å². The first-order valence-electron chi connectivity index (χ1n) is 5.63. The van der Waals surface area contributed by atoms with Gasteiger partial charge in [-0.1, -0.05) is 23.2 Å². The van der Waals surface area contributed by atoms with Crippen molar-refractivity contribution in [2.75, 3.05) is 0 Å². The summed E-state index contributed by atoms with van der Waals surface area (Å²) in [6.07, 6.45) is 2.38. The molecule has 2 aromatic rings. The van der Waals surface area contributed by atoms with E-state index in [4.69, 9.17) is 23.2 Å². The van der Waals surface area contributed by atoms with E-state index >= 15 is 0 Å². The Morgan fingerprint density at radius 1 is 1.11 bits per heavy atom. The minimum absolute atomic E-state index is 0.490. The molecule has 1 aliphatic rings. The first-order chi connectivity index (χ1) is 8.63. The molecular formula is C13H9BrCl2N2. The predicted octanol–water partition coefficient (Wildman–Crippen LogP) is 5.09. The zero-order chi connectivity index (χ0) is 12.7. The van der Waals surface area contributed by atoms with Crippen molar-refractivity contribution in [3.05, 3.63) is 44.6 Å². The average molecular weight is 344 g/mol. The molecule has 1 aromatic heterocycles. The van der Waals surface area contributed by atoms with Gasteiger partial charge in [0.1, 0.15) is 5.15 Å². The summed E-state index contributed by atoms with van der Waals surface area (Å²) < 4.78 is 0.874. The van der Waals surface area contributed by atoms with Crippen LogP contribution in [0.25, 0.3) is 11.4 Å². The SMILES string of the molecule is Clc1ccc(-c2nc(Cl)cc(C3CC3)n2)c(Br)c1. The van der Waals surface area contributed by atoms with Gasteiger partial charge in [0.2, 0.25) is 0 Å². The molecule has 0 bridgehead atoms. The molecule has 3 rings (SSSR count). The van der Waals surface area contributed by atoms with E-state index in [1.807, 2.05) is 24.3 Å². The third-order valence-corrected chi connectivity index (χ3v) is 3.97. The summed E-state index contributed by atoms with van der Waals surface area (Å²) in [4.78, 5) is 8.87. The lowest BCUT2D eigenvalue weighted by molar-refractivity contribution is 0.993. The molecule has 0 N–H and O–H groups in total. The van der Waals surface area contributed by atoms with Gasteiger partial charge in [0.05, 0.1) is 0 Å². The lowest BCUT2D eigenvalue weighted by Crippen LogP contribution is -1.95. The van der Waals surface area contributed by atoms with Crippen LogP contribution in [0.5, 0.6) is 0 Å². The first-order valence-corrected chi connectivity index (χ1v) is 7.18. The van der Waals surface area contributed by atoms with Crippen molar-refractivity contribution in [1.29, 1.82) is 0 Å². The molecule has 0 amide bonds. The Bertz CT molecular complexity index is 612. The van der Waals surface area contributed by atoms with Crippen molar-refractivity contribution in [2.45, 2.75) is 18.8 Å². The molecule has 92 valence electrons. The zero-order valence-electron chi connectivity index (χ0n) is 9.33. The van der Waals surface area contributed by atoms with Crippen LogP contribution in [0.2, 0.25) is 10.2 Å². The molecule has 0 saturated heterocycles. The molecule has 1 fully saturated rings. The van der Waals surface area contributed by atoms with Gasteiger partial charge in [-0.3, -0.25) is 0 Å². The van der Waals surface area contributed by atoms with Gasteiger partial charge in [0.15, 0.2) is 5.82 Å². The number of halogens is 3. The number of aromatic nitrogens is 2. The lowest BCUT2D eigenvalue weighted by atomic mass is 10.2. The highest BCUT2D eigenvalue weighted by Gasteiger charge is 2.26. The van der Waals surface area contributed by atoms with Crippen LogP contribution in [0.3, 0.4) is 0 Å². The van der Waals surface area contributed by atoms with E-state index in [1.165, 1.54) is 12.8 Å². The smallest absolute Gasteiger partial charge is 0.162 e. The van der Waals surface area contributed by atoms with E-state index in [1.54, 1.807) is 0 Å². The third-order valence-electron chi connectivity index (χ3n) is 2.88. The summed E-state index contributed by atoms with van der Waals surface area (Å²) in [6, 6.07) is 7.40. The lowest BCUT2D eigenvalue weighted by Gasteiger charge is -2.06. The first kappa shape index (κ1) is 12.4. The molecule has 1 heterocycles. The average Bonchev–Trinajstić information content (AvgIpc) is 3.11. The summed E-state index contributed by atoms with van der Waals surface area (Å²) >= 11 is 15.5. The molecule has 0 atom stereocenters. The zero-order valence-corrected chi connectivity index (χ0v) is 12.4. The molecule has 1 aromatic carbocycles. The highest BCUT2D eigenvalue weighted by molar-refractivity contribution is 9.10. The molecule has 0 spiro atoms. The van der Waals surface area contributed by atoms with Gasteiger partial charge in [0, 0.05) is 26.7 Å². The van der Waals surface area contributed by atoms with E-state index < -0.39 is 0 Å². The van der Waals surface area contributed by atoms with Gasteiger partial charge in [0.25, 0.3) is 0 Å². The van der Waals surface area contributed by atoms with Crippen molar-refractivity contribution in [1.82, 2.24) is 9.97 Å². The predicted molar refractivity (Wildman–Crippen MR) is 77.2 cm³/mol. The largest absolute Gasteiger partial charge is 0.233 e. The Balaban J connectivity index is 2.10. The van der Waals surface area contributed by atoms with Crippen molar-refractivity contribution in [3.63, 3.8) is 0 Å². The standard InChI is InChI=1S/C13H9BrCl2N2/c14-10-5-8(15)3-4-9(10)13-17-11(7-1-2-7)6-12(16)18-13/h3-7H,1-2H2. The highest BCUT2D eigenvalue weighted by atomic mass is 79.9. The van der Waals surface area contributed by atoms with Gasteiger partial charge in [-0.15, -0.1) is 0 Å². The summed E-state index contributed by atoms with van der Waals surface area (Å²) in [5.74, 6) is 1.20. The molecule has 5 heteroatoms. The molecular weight excluding hydrogens is 335 g/mol. The van der Waals surface area contributed by atoms with Crippen LogP contribution in [0.4, 0.5) is 0 Å². The van der Waals surface area contributed by atoms with Crippen LogP contribution in [-0.4, -0.2) is 9.97 Å². The Morgan fingerprint density at radius 2 is 1.89 bits per heavy atom. The highest BCUT2D eigenvalue weighted by Crippen LogP contribution is 2.40. The fourth-order valence-corrected chi connectivity index (χ4v) is 2.87. The van der Waals surface area contributed by atoms with Crippen molar-refractivity contribution >= 4 is 39.1 Å². The third kappa shape index (κ3) is 2.53. The molecule has 0 aliphatic heterocycles. The second-order valence-electron chi connectivity index (χ2n) is 4.34. The molecule has 0 radical (unpaired) electrons. The van der Waals surface area contributed by atoms with Crippen LogP contribution in [0, 0.1) is 0 Å². The maximum Gasteiger partial charge on any atom is 0.162 e. The Labute approximate surface area is 123 Å². The van der Waals surface area contributed by atoms with Crippen LogP contribution in [0.15, 0.2) is 28.7 Å². The quantitative estimate of drug-likeness (QED) is 0.709. The van der Waals surface area contributed by atoms with Crippen molar-refractivity contribution < 1.29 is 0 Å². The summed E-state index contributed by atoms with van der Waals surface area (Å²) in [5.41, 5.74) is 1.94. The van der Waals surface area contributed by atoms with Crippen LogP contribution in [0.1, 0.15) is 24.5 Å². The monoisotopic (exact) mass is 342 g/mol. The molecule has 1 aliphatic carbocycles. The number of benzene rings is 1. The molecule has 18 heavy (non-hydrogen) atoms. The van der Waals surface area contributed by atoms with E-state index in [9.17, 15) is 0 Å². The topological polar surface area (TPSA) is 25.8 Å². The van der Waals surface area contributed by atoms with E-state index in [0.717, 1.165) is 15.7 Å². The fourth-order valence-electron chi connectivity index (χ4n) is 1.81. The van der Waals surface area contributed by atoms with Crippen LogP contribution < -0.4 is 0 Å².